The summed E-state index contributed by atoms with van der Waals surface area (Å²) >= 11 is 0. The van der Waals surface area contributed by atoms with E-state index >= 15 is 0 Å². The van der Waals surface area contributed by atoms with E-state index in [1.54, 1.807) is 4.57 Å². The first-order valence-electron chi connectivity index (χ1n) is 11.6. The number of anilines is 1. The van der Waals surface area contributed by atoms with E-state index in [2.05, 4.69) is 34.2 Å². The number of nitrogens with zero attached hydrogens (tertiary/aromatic N) is 4. The van der Waals surface area contributed by atoms with Crippen molar-refractivity contribution in [3.8, 4) is 0 Å². The Balaban J connectivity index is 1.34. The van der Waals surface area contributed by atoms with Gasteiger partial charge in [0, 0.05) is 37.0 Å². The molecule has 8 heteroatoms. The lowest BCUT2D eigenvalue weighted by Gasteiger charge is -2.41. The lowest BCUT2D eigenvalue weighted by atomic mass is 9.73. The van der Waals surface area contributed by atoms with Crippen LogP contribution in [-0.2, 0) is 17.2 Å². The number of aromatic nitrogens is 4. The summed E-state index contributed by atoms with van der Waals surface area (Å²) in [6.07, 6.45) is 3.98. The van der Waals surface area contributed by atoms with Crippen LogP contribution in [0.4, 0.5) is 5.95 Å². The van der Waals surface area contributed by atoms with Crippen LogP contribution in [0.1, 0.15) is 43.9 Å². The zero-order chi connectivity index (χ0) is 22.1. The minimum atomic E-state index is -0.179. The first kappa shape index (κ1) is 19.9. The van der Waals surface area contributed by atoms with Gasteiger partial charge in [-0.2, -0.15) is 10.1 Å². The predicted molar refractivity (Wildman–Crippen MR) is 123 cm³/mol. The molecule has 6 rings (SSSR count). The van der Waals surface area contributed by atoms with Crippen molar-refractivity contribution < 1.29 is 4.74 Å². The molecule has 0 radical (unpaired) electrons. The molecule has 168 valence electrons. The van der Waals surface area contributed by atoms with Crippen molar-refractivity contribution in [3.05, 3.63) is 51.9 Å². The van der Waals surface area contributed by atoms with Gasteiger partial charge < -0.3 is 15.4 Å². The summed E-state index contributed by atoms with van der Waals surface area (Å²) in [4.78, 5) is 20.6. The molecule has 3 N–H and O–H groups in total. The van der Waals surface area contributed by atoms with Gasteiger partial charge in [0.05, 0.1) is 18.4 Å². The number of aromatic amines is 1. The summed E-state index contributed by atoms with van der Waals surface area (Å²) in [6, 6.07) is 10.4. The van der Waals surface area contributed by atoms with Crippen LogP contribution in [0.25, 0.3) is 11.0 Å². The van der Waals surface area contributed by atoms with Crippen LogP contribution in [-0.4, -0.2) is 51.6 Å². The summed E-state index contributed by atoms with van der Waals surface area (Å²) in [6.45, 7) is 4.40. The average Bonchev–Trinajstić information content (AvgIpc) is 3.45. The molecule has 1 aliphatic carbocycles. The Morgan fingerprint density at radius 3 is 2.50 bits per heavy atom. The Hall–Kier alpha value is -2.71. The molecule has 3 fully saturated rings. The minimum Gasteiger partial charge on any atom is -0.376 e. The molecule has 0 amide bonds. The van der Waals surface area contributed by atoms with Gasteiger partial charge in [0.2, 0.25) is 5.95 Å². The maximum Gasteiger partial charge on any atom is 0.266 e. The van der Waals surface area contributed by atoms with E-state index in [9.17, 15) is 4.79 Å². The van der Waals surface area contributed by atoms with Crippen molar-refractivity contribution in [2.45, 2.75) is 50.2 Å². The molecule has 3 aromatic rings. The highest BCUT2D eigenvalue weighted by atomic mass is 16.5. The number of fused-ring (bicyclic) bond motifs is 1. The molecule has 8 nitrogen and oxygen atoms in total. The van der Waals surface area contributed by atoms with E-state index in [1.165, 1.54) is 5.56 Å². The zero-order valence-electron chi connectivity index (χ0n) is 18.7. The molecule has 0 bridgehead atoms. The Bertz CT molecular complexity index is 1220. The van der Waals surface area contributed by atoms with Crippen LogP contribution < -0.4 is 16.2 Å². The van der Waals surface area contributed by atoms with Crippen molar-refractivity contribution in [3.63, 3.8) is 0 Å². The monoisotopic (exact) mass is 434 g/mol. The van der Waals surface area contributed by atoms with Crippen molar-refractivity contribution in [2.24, 2.45) is 18.2 Å². The molecule has 3 aliphatic rings. The van der Waals surface area contributed by atoms with Gasteiger partial charge in [-0.05, 0) is 38.2 Å². The fourth-order valence-corrected chi connectivity index (χ4v) is 5.85. The van der Waals surface area contributed by atoms with Gasteiger partial charge >= 0.3 is 0 Å². The number of nitrogens with two attached hydrogens (primary N) is 1. The summed E-state index contributed by atoms with van der Waals surface area (Å²) < 4.78 is 7.54. The van der Waals surface area contributed by atoms with E-state index in [0.29, 0.717) is 17.0 Å². The summed E-state index contributed by atoms with van der Waals surface area (Å²) in [7, 11) is 1.82. The summed E-state index contributed by atoms with van der Waals surface area (Å²) in [5.74, 6) is 0.692. The Labute approximate surface area is 186 Å². The third-order valence-electron chi connectivity index (χ3n) is 8.20. The van der Waals surface area contributed by atoms with Gasteiger partial charge in [0.15, 0.2) is 5.65 Å². The van der Waals surface area contributed by atoms with Crippen LogP contribution in [0.15, 0.2) is 35.1 Å². The third-order valence-corrected chi connectivity index (χ3v) is 8.20. The van der Waals surface area contributed by atoms with Crippen molar-refractivity contribution in [1.82, 2.24) is 19.7 Å². The molecule has 1 spiro atoms. The van der Waals surface area contributed by atoms with E-state index in [0.717, 1.165) is 51.1 Å². The molecular weight excluding hydrogens is 404 g/mol. The van der Waals surface area contributed by atoms with Crippen LogP contribution >= 0.6 is 0 Å². The molecular formula is C24H30N6O2. The van der Waals surface area contributed by atoms with Gasteiger partial charge in [-0.15, -0.1) is 0 Å². The summed E-state index contributed by atoms with van der Waals surface area (Å²) in [5.41, 5.74) is 8.92. The molecule has 1 aromatic carbocycles. The second-order valence-electron chi connectivity index (χ2n) is 9.91. The van der Waals surface area contributed by atoms with Crippen molar-refractivity contribution >= 4 is 17.0 Å². The number of hydrogen-bond acceptors (Lipinski definition) is 6. The zero-order valence-corrected chi connectivity index (χ0v) is 18.7. The standard InChI is InChI=1S/C24H30N6O2/c1-15-18(25)23(14-32-15)10-12-30(13-11-23)22-26-20-17(21(31)29(22)2)19(27-28-20)24(8-9-24)16-6-4-3-5-7-16/h3-7,15,18H,8-14,25H2,1-2H3,(H,27,28)/t15-,18+/m0/s1. The van der Waals surface area contributed by atoms with Crippen molar-refractivity contribution in [2.75, 3.05) is 24.6 Å². The highest BCUT2D eigenvalue weighted by molar-refractivity contribution is 5.80. The average molecular weight is 435 g/mol. The Morgan fingerprint density at radius 1 is 1.16 bits per heavy atom. The highest BCUT2D eigenvalue weighted by Crippen LogP contribution is 2.54. The van der Waals surface area contributed by atoms with Crippen LogP contribution in [0.2, 0.25) is 0 Å². The topological polar surface area (TPSA) is 102 Å². The van der Waals surface area contributed by atoms with Crippen molar-refractivity contribution in [1.29, 1.82) is 0 Å². The number of nitrogens with one attached hydrogen (secondary N) is 1. The van der Waals surface area contributed by atoms with E-state index in [-0.39, 0.29) is 28.5 Å². The molecule has 0 unspecified atom stereocenters. The van der Waals surface area contributed by atoms with Gasteiger partial charge in [0.25, 0.3) is 5.56 Å². The highest BCUT2D eigenvalue weighted by Gasteiger charge is 2.50. The van der Waals surface area contributed by atoms with Gasteiger partial charge in [-0.3, -0.25) is 14.5 Å². The van der Waals surface area contributed by atoms with Crippen LogP contribution in [0, 0.1) is 5.41 Å². The molecule has 4 heterocycles. The van der Waals surface area contributed by atoms with E-state index < -0.39 is 0 Å². The SMILES string of the molecule is C[C@@H]1OCC2(CCN(c3nc4[nH]nc(C5(c6ccccc6)CC5)c4c(=O)n3C)CC2)[C@@H]1N. The van der Waals surface area contributed by atoms with Crippen LogP contribution in [0.3, 0.4) is 0 Å². The third kappa shape index (κ3) is 2.72. The predicted octanol–water partition coefficient (Wildman–Crippen LogP) is 2.07. The summed E-state index contributed by atoms with van der Waals surface area (Å²) in [5, 5.41) is 8.31. The van der Waals surface area contributed by atoms with Gasteiger partial charge in [-0.25, -0.2) is 0 Å². The quantitative estimate of drug-likeness (QED) is 0.654. The maximum absolute atomic E-state index is 13.5. The molecule has 1 saturated carbocycles. The van der Waals surface area contributed by atoms with E-state index in [1.807, 2.05) is 25.2 Å². The lowest BCUT2D eigenvalue weighted by Crippen LogP contribution is -2.51. The second-order valence-corrected chi connectivity index (χ2v) is 9.91. The number of piperidine rings is 1. The molecule has 2 aromatic heterocycles. The molecule has 2 saturated heterocycles. The normalized spacial score (nSPS) is 26.2. The maximum atomic E-state index is 13.5. The Kier molecular flexibility index (Phi) is 4.29. The largest absolute Gasteiger partial charge is 0.376 e. The fraction of sp³-hybridized carbons (Fsp3) is 0.542. The molecule has 2 atom stereocenters. The number of rotatable bonds is 3. The first-order valence-corrected chi connectivity index (χ1v) is 11.6. The van der Waals surface area contributed by atoms with Gasteiger partial charge in [-0.1, -0.05) is 30.3 Å². The number of benzene rings is 1. The number of H-pyrrole nitrogens is 1. The number of ether oxygens (including phenoxy) is 1. The van der Waals surface area contributed by atoms with Crippen LogP contribution in [0.5, 0.6) is 0 Å². The minimum absolute atomic E-state index is 0.0358. The molecule has 32 heavy (non-hydrogen) atoms. The first-order chi connectivity index (χ1) is 15.5. The lowest BCUT2D eigenvalue weighted by molar-refractivity contribution is 0.0973. The Morgan fingerprint density at radius 2 is 1.88 bits per heavy atom. The van der Waals surface area contributed by atoms with Gasteiger partial charge in [0.1, 0.15) is 5.39 Å². The second kappa shape index (κ2) is 6.89. The van der Waals surface area contributed by atoms with E-state index in [4.69, 9.17) is 15.5 Å². The molecule has 2 aliphatic heterocycles. The number of hydrogen-bond donors (Lipinski definition) is 2. The fourth-order valence-electron chi connectivity index (χ4n) is 5.85. The smallest absolute Gasteiger partial charge is 0.266 e.